The summed E-state index contributed by atoms with van der Waals surface area (Å²) in [5.74, 6) is -0.320. The van der Waals surface area contributed by atoms with E-state index < -0.39 is 10.0 Å². The van der Waals surface area contributed by atoms with Crippen LogP contribution in [0.4, 0.5) is 0 Å². The molecule has 19 heavy (non-hydrogen) atoms. The second kappa shape index (κ2) is 6.65. The summed E-state index contributed by atoms with van der Waals surface area (Å²) in [6.07, 6.45) is 0.691. The number of carbonyl (C=O) groups excluding carboxylic acids is 1. The van der Waals surface area contributed by atoms with E-state index in [9.17, 15) is 13.2 Å². The van der Waals surface area contributed by atoms with Crippen LogP contribution in [0.5, 0.6) is 0 Å². The van der Waals surface area contributed by atoms with Gasteiger partial charge in [-0.2, -0.15) is 0 Å². The van der Waals surface area contributed by atoms with Gasteiger partial charge in [-0.05, 0) is 31.0 Å². The Bertz CT molecular complexity index is 555. The van der Waals surface area contributed by atoms with Crippen molar-refractivity contribution in [1.82, 2.24) is 5.32 Å². The Morgan fingerprint density at radius 3 is 2.68 bits per heavy atom. The normalized spacial score (nSPS) is 11.3. The van der Waals surface area contributed by atoms with Gasteiger partial charge in [0.05, 0.1) is 4.90 Å². The molecule has 0 unspecified atom stereocenters. The number of carbonyl (C=O) groups is 1. The van der Waals surface area contributed by atoms with Crippen LogP contribution in [0, 0.1) is 6.92 Å². The molecule has 0 heterocycles. The maximum Gasteiger partial charge on any atom is 0.251 e. The van der Waals surface area contributed by atoms with Crippen LogP contribution in [0.25, 0.3) is 0 Å². The lowest BCUT2D eigenvalue weighted by Crippen LogP contribution is -2.26. The molecule has 7 heteroatoms. The van der Waals surface area contributed by atoms with Crippen LogP contribution in [0.3, 0.4) is 0 Å². The number of methoxy groups -OCH3 is 1. The molecule has 1 amide bonds. The molecule has 3 N–H and O–H groups in total. The molecule has 0 atom stereocenters. The first-order valence-electron chi connectivity index (χ1n) is 5.77. The van der Waals surface area contributed by atoms with Crippen molar-refractivity contribution in [1.29, 1.82) is 0 Å². The SMILES string of the molecule is COCCCNC(=O)c1cc(S(N)(=O)=O)ccc1C. The Labute approximate surface area is 113 Å². The van der Waals surface area contributed by atoms with E-state index in [4.69, 9.17) is 9.88 Å². The summed E-state index contributed by atoms with van der Waals surface area (Å²) in [4.78, 5) is 11.9. The van der Waals surface area contributed by atoms with Gasteiger partial charge in [0.15, 0.2) is 0 Å². The first kappa shape index (κ1) is 15.6. The third-order valence-corrected chi connectivity index (χ3v) is 3.50. The maximum absolute atomic E-state index is 11.9. The monoisotopic (exact) mass is 286 g/mol. The maximum atomic E-state index is 11.9. The van der Waals surface area contributed by atoms with Crippen LogP contribution in [0.15, 0.2) is 23.1 Å². The summed E-state index contributed by atoms with van der Waals surface area (Å²) >= 11 is 0. The highest BCUT2D eigenvalue weighted by Crippen LogP contribution is 2.14. The lowest BCUT2D eigenvalue weighted by Gasteiger charge is -2.09. The molecule has 1 rings (SSSR count). The van der Waals surface area contributed by atoms with Crippen molar-refractivity contribution in [2.24, 2.45) is 5.14 Å². The Balaban J connectivity index is 2.84. The summed E-state index contributed by atoms with van der Waals surface area (Å²) in [6.45, 7) is 2.75. The second-order valence-corrected chi connectivity index (χ2v) is 5.69. The van der Waals surface area contributed by atoms with Gasteiger partial charge in [0.2, 0.25) is 10.0 Å². The Morgan fingerprint density at radius 2 is 2.11 bits per heavy atom. The molecule has 0 radical (unpaired) electrons. The standard InChI is InChI=1S/C12H18N2O4S/c1-9-4-5-10(19(13,16)17)8-11(9)12(15)14-6-3-7-18-2/h4-5,8H,3,6-7H2,1-2H3,(H,14,15)(H2,13,16,17). The van der Waals surface area contributed by atoms with E-state index in [0.29, 0.717) is 30.7 Å². The third kappa shape index (κ3) is 4.62. The molecule has 0 fully saturated rings. The first-order chi connectivity index (χ1) is 8.86. The summed E-state index contributed by atoms with van der Waals surface area (Å²) in [6, 6.07) is 4.23. The number of aryl methyl sites for hydroxylation is 1. The van der Waals surface area contributed by atoms with Crippen molar-refractivity contribution in [3.8, 4) is 0 Å². The van der Waals surface area contributed by atoms with E-state index in [1.807, 2.05) is 0 Å². The van der Waals surface area contributed by atoms with Gasteiger partial charge >= 0.3 is 0 Å². The number of sulfonamides is 1. The molecule has 0 aliphatic rings. The topological polar surface area (TPSA) is 98.5 Å². The Morgan fingerprint density at radius 1 is 1.42 bits per heavy atom. The lowest BCUT2D eigenvalue weighted by molar-refractivity contribution is 0.0948. The molecule has 106 valence electrons. The highest BCUT2D eigenvalue weighted by Gasteiger charge is 2.14. The van der Waals surface area contributed by atoms with E-state index in [1.54, 1.807) is 20.1 Å². The molecule has 0 saturated heterocycles. The number of nitrogens with one attached hydrogen (secondary N) is 1. The Kier molecular flexibility index (Phi) is 5.46. The van der Waals surface area contributed by atoms with Crippen molar-refractivity contribution < 1.29 is 17.9 Å². The fraction of sp³-hybridized carbons (Fsp3) is 0.417. The highest BCUT2D eigenvalue weighted by molar-refractivity contribution is 7.89. The van der Waals surface area contributed by atoms with Crippen molar-refractivity contribution in [2.45, 2.75) is 18.2 Å². The number of hydrogen-bond acceptors (Lipinski definition) is 4. The zero-order valence-corrected chi connectivity index (χ0v) is 11.8. The number of amides is 1. The van der Waals surface area contributed by atoms with Gasteiger partial charge in [-0.25, -0.2) is 13.6 Å². The highest BCUT2D eigenvalue weighted by atomic mass is 32.2. The summed E-state index contributed by atoms with van der Waals surface area (Å²) < 4.78 is 27.4. The number of nitrogens with two attached hydrogens (primary N) is 1. The van der Waals surface area contributed by atoms with Gasteiger partial charge < -0.3 is 10.1 Å². The number of ether oxygens (including phenoxy) is 1. The first-order valence-corrected chi connectivity index (χ1v) is 7.31. The van der Waals surface area contributed by atoms with Gasteiger partial charge in [0, 0.05) is 25.8 Å². The number of primary sulfonamides is 1. The average Bonchev–Trinajstić information content (AvgIpc) is 2.33. The van der Waals surface area contributed by atoms with Crippen LogP contribution in [0.1, 0.15) is 22.3 Å². The largest absolute Gasteiger partial charge is 0.385 e. The third-order valence-electron chi connectivity index (χ3n) is 2.59. The van der Waals surface area contributed by atoms with Crippen LogP contribution < -0.4 is 10.5 Å². The van der Waals surface area contributed by atoms with E-state index in [-0.39, 0.29) is 10.8 Å². The van der Waals surface area contributed by atoms with Crippen LogP contribution in [-0.4, -0.2) is 34.6 Å². The molecule has 1 aromatic carbocycles. The molecule has 0 aliphatic carbocycles. The quantitative estimate of drug-likeness (QED) is 0.740. The molecule has 0 aliphatic heterocycles. The molecule has 0 saturated carbocycles. The summed E-state index contributed by atoms with van der Waals surface area (Å²) in [5, 5.41) is 7.74. The minimum atomic E-state index is -3.80. The van der Waals surface area contributed by atoms with Gasteiger partial charge in [-0.1, -0.05) is 6.07 Å². The summed E-state index contributed by atoms with van der Waals surface area (Å²) in [7, 11) is -2.22. The van der Waals surface area contributed by atoms with Crippen molar-refractivity contribution in [3.63, 3.8) is 0 Å². The van der Waals surface area contributed by atoms with E-state index in [2.05, 4.69) is 5.32 Å². The zero-order chi connectivity index (χ0) is 14.5. The van der Waals surface area contributed by atoms with Crippen molar-refractivity contribution in [2.75, 3.05) is 20.3 Å². The number of rotatable bonds is 6. The molecule has 6 nitrogen and oxygen atoms in total. The lowest BCUT2D eigenvalue weighted by atomic mass is 10.1. The second-order valence-electron chi connectivity index (χ2n) is 4.12. The molecular weight excluding hydrogens is 268 g/mol. The minimum Gasteiger partial charge on any atom is -0.385 e. The molecule has 0 aromatic heterocycles. The van der Waals surface area contributed by atoms with E-state index in [0.717, 1.165) is 0 Å². The predicted octanol–water partition coefficient (Wildman–Crippen LogP) is 0.409. The van der Waals surface area contributed by atoms with Crippen LogP contribution >= 0.6 is 0 Å². The number of benzene rings is 1. The Hall–Kier alpha value is -1.44. The number of hydrogen-bond donors (Lipinski definition) is 2. The van der Waals surface area contributed by atoms with Crippen LogP contribution in [-0.2, 0) is 14.8 Å². The molecule has 0 spiro atoms. The predicted molar refractivity (Wildman–Crippen MR) is 71.4 cm³/mol. The molecule has 0 bridgehead atoms. The fourth-order valence-electron chi connectivity index (χ4n) is 1.54. The van der Waals surface area contributed by atoms with E-state index in [1.165, 1.54) is 12.1 Å². The van der Waals surface area contributed by atoms with Crippen molar-refractivity contribution in [3.05, 3.63) is 29.3 Å². The van der Waals surface area contributed by atoms with Gasteiger partial charge in [0.1, 0.15) is 0 Å². The van der Waals surface area contributed by atoms with Gasteiger partial charge in [0.25, 0.3) is 5.91 Å². The fourth-order valence-corrected chi connectivity index (χ4v) is 2.08. The smallest absolute Gasteiger partial charge is 0.251 e. The minimum absolute atomic E-state index is 0.0693. The summed E-state index contributed by atoms with van der Waals surface area (Å²) in [5.41, 5.74) is 1.00. The average molecular weight is 286 g/mol. The molecule has 1 aromatic rings. The molecular formula is C12H18N2O4S. The van der Waals surface area contributed by atoms with E-state index >= 15 is 0 Å². The van der Waals surface area contributed by atoms with Gasteiger partial charge in [-0.15, -0.1) is 0 Å². The van der Waals surface area contributed by atoms with Crippen molar-refractivity contribution >= 4 is 15.9 Å². The zero-order valence-electron chi connectivity index (χ0n) is 11.0. The van der Waals surface area contributed by atoms with Crippen LogP contribution in [0.2, 0.25) is 0 Å². The van der Waals surface area contributed by atoms with Gasteiger partial charge in [-0.3, -0.25) is 4.79 Å².